The van der Waals surface area contributed by atoms with Gasteiger partial charge in [-0.3, -0.25) is 0 Å². The SMILES string of the molecule is Cc1cc2ncnn2cc1-c1cc2nc(C3CCC4(CC3)OCCO4)sc2n1C(=O)OC(C)(C)C. The summed E-state index contributed by atoms with van der Waals surface area (Å²) in [7, 11) is 0. The molecule has 0 N–H and O–H groups in total. The molecule has 10 heteroatoms. The number of thiazole rings is 1. The lowest BCUT2D eigenvalue weighted by molar-refractivity contribution is -0.178. The van der Waals surface area contributed by atoms with Crippen LogP contribution in [0.2, 0.25) is 0 Å². The Morgan fingerprint density at radius 3 is 2.66 bits per heavy atom. The Morgan fingerprint density at radius 1 is 1.20 bits per heavy atom. The van der Waals surface area contributed by atoms with E-state index < -0.39 is 17.5 Å². The maximum atomic E-state index is 13.5. The Labute approximate surface area is 207 Å². The first-order valence-corrected chi connectivity index (χ1v) is 12.9. The highest BCUT2D eigenvalue weighted by Gasteiger charge is 2.41. The third-order valence-electron chi connectivity index (χ3n) is 6.75. The van der Waals surface area contributed by atoms with Gasteiger partial charge in [-0.2, -0.15) is 5.10 Å². The van der Waals surface area contributed by atoms with Gasteiger partial charge in [-0.15, -0.1) is 0 Å². The fourth-order valence-corrected chi connectivity index (χ4v) is 6.29. The van der Waals surface area contributed by atoms with Gasteiger partial charge < -0.3 is 14.2 Å². The molecule has 1 aliphatic carbocycles. The van der Waals surface area contributed by atoms with Crippen molar-refractivity contribution in [2.75, 3.05) is 13.2 Å². The number of fused-ring (bicyclic) bond motifs is 2. The molecule has 0 unspecified atom stereocenters. The van der Waals surface area contributed by atoms with Gasteiger partial charge in [0.1, 0.15) is 22.3 Å². The van der Waals surface area contributed by atoms with Crippen LogP contribution in [0.3, 0.4) is 0 Å². The molecule has 184 valence electrons. The van der Waals surface area contributed by atoms with Gasteiger partial charge in [0.2, 0.25) is 0 Å². The Bertz CT molecular complexity index is 1410. The van der Waals surface area contributed by atoms with Gasteiger partial charge in [0.15, 0.2) is 11.4 Å². The maximum absolute atomic E-state index is 13.5. The molecule has 0 aromatic carbocycles. The number of pyridine rings is 1. The fraction of sp³-hybridized carbons (Fsp3) is 0.520. The Balaban J connectivity index is 1.41. The second-order valence-electron chi connectivity index (χ2n) is 10.4. The Kier molecular flexibility index (Phi) is 5.24. The average molecular weight is 496 g/mol. The number of aryl methyl sites for hydroxylation is 1. The molecule has 5 heterocycles. The summed E-state index contributed by atoms with van der Waals surface area (Å²) >= 11 is 1.58. The van der Waals surface area contributed by atoms with E-state index in [2.05, 4.69) is 10.1 Å². The van der Waals surface area contributed by atoms with E-state index in [1.807, 2.05) is 46.0 Å². The van der Waals surface area contributed by atoms with Gasteiger partial charge >= 0.3 is 6.09 Å². The van der Waals surface area contributed by atoms with Gasteiger partial charge in [-0.1, -0.05) is 11.3 Å². The summed E-state index contributed by atoms with van der Waals surface area (Å²) < 4.78 is 21.0. The van der Waals surface area contributed by atoms with Crippen LogP contribution in [0.25, 0.3) is 27.3 Å². The number of nitrogens with zero attached hydrogens (tertiary/aromatic N) is 5. The molecule has 1 saturated heterocycles. The third kappa shape index (κ3) is 4.03. The van der Waals surface area contributed by atoms with E-state index in [-0.39, 0.29) is 0 Å². The number of rotatable bonds is 2. The minimum absolute atomic E-state index is 0.328. The molecule has 35 heavy (non-hydrogen) atoms. The van der Waals surface area contributed by atoms with Crippen molar-refractivity contribution >= 4 is 33.4 Å². The van der Waals surface area contributed by atoms with Crippen LogP contribution in [0.5, 0.6) is 0 Å². The number of carbonyl (C=O) groups is 1. The van der Waals surface area contributed by atoms with Crippen molar-refractivity contribution in [1.29, 1.82) is 0 Å². The topological polar surface area (TPSA) is 92.8 Å². The van der Waals surface area contributed by atoms with Crippen molar-refractivity contribution < 1.29 is 19.0 Å². The van der Waals surface area contributed by atoms with Crippen LogP contribution in [0.4, 0.5) is 4.79 Å². The minimum atomic E-state index is -0.623. The lowest BCUT2D eigenvalue weighted by atomic mass is 9.85. The van der Waals surface area contributed by atoms with Crippen LogP contribution in [-0.4, -0.2) is 54.8 Å². The highest BCUT2D eigenvalue weighted by Crippen LogP contribution is 2.45. The van der Waals surface area contributed by atoms with Crippen molar-refractivity contribution in [3.8, 4) is 11.3 Å². The fourth-order valence-electron chi connectivity index (χ4n) is 5.08. The zero-order valence-electron chi connectivity index (χ0n) is 20.4. The number of hydrogen-bond donors (Lipinski definition) is 0. The molecule has 2 fully saturated rings. The molecule has 0 radical (unpaired) electrons. The number of ether oxygens (including phenoxy) is 3. The number of aromatic nitrogens is 5. The van der Waals surface area contributed by atoms with E-state index >= 15 is 0 Å². The second-order valence-corrected chi connectivity index (χ2v) is 11.4. The van der Waals surface area contributed by atoms with Crippen molar-refractivity contribution in [2.45, 2.75) is 70.7 Å². The maximum Gasteiger partial charge on any atom is 0.420 e. The summed E-state index contributed by atoms with van der Waals surface area (Å²) in [6.07, 6.45) is 6.67. The molecular weight excluding hydrogens is 466 g/mol. The molecule has 1 spiro atoms. The van der Waals surface area contributed by atoms with Crippen LogP contribution in [0.1, 0.15) is 62.9 Å². The first-order chi connectivity index (χ1) is 16.7. The van der Waals surface area contributed by atoms with E-state index in [0.29, 0.717) is 19.1 Å². The molecule has 1 saturated carbocycles. The van der Waals surface area contributed by atoms with Crippen molar-refractivity contribution in [3.05, 3.63) is 35.2 Å². The Hall–Kier alpha value is -2.82. The lowest BCUT2D eigenvalue weighted by Gasteiger charge is -2.34. The van der Waals surface area contributed by atoms with Crippen LogP contribution in [0.15, 0.2) is 24.7 Å². The standard InChI is InChI=1S/C25H29N5O4S/c1-15-11-20-26-14-27-29(20)13-17(15)19-12-18-22(30(19)23(31)34-24(2,3)4)35-21(28-18)16-5-7-25(8-6-16)32-9-10-33-25/h11-14,16H,5-10H2,1-4H3. The first kappa shape index (κ1) is 22.6. The Morgan fingerprint density at radius 2 is 1.94 bits per heavy atom. The normalized spacial score (nSPS) is 18.7. The van der Waals surface area contributed by atoms with Crippen LogP contribution >= 0.6 is 11.3 Å². The first-order valence-electron chi connectivity index (χ1n) is 12.1. The van der Waals surface area contributed by atoms with Crippen molar-refractivity contribution in [1.82, 2.24) is 24.1 Å². The summed E-state index contributed by atoms with van der Waals surface area (Å²) in [6.45, 7) is 8.99. The van der Waals surface area contributed by atoms with E-state index in [0.717, 1.165) is 63.5 Å². The van der Waals surface area contributed by atoms with Crippen LogP contribution < -0.4 is 0 Å². The minimum Gasteiger partial charge on any atom is -0.443 e. The molecular formula is C25H29N5O4S. The second kappa shape index (κ2) is 8.11. The summed E-state index contributed by atoms with van der Waals surface area (Å²) in [6, 6.07) is 3.95. The molecule has 9 nitrogen and oxygen atoms in total. The predicted octanol–water partition coefficient (Wildman–Crippen LogP) is 5.30. The quantitative estimate of drug-likeness (QED) is 0.372. The van der Waals surface area contributed by atoms with Gasteiger partial charge in [-0.05, 0) is 58.2 Å². The van der Waals surface area contributed by atoms with E-state index in [1.54, 1.807) is 20.4 Å². The molecule has 6 rings (SSSR count). The highest BCUT2D eigenvalue weighted by molar-refractivity contribution is 7.18. The van der Waals surface area contributed by atoms with Gasteiger partial charge in [-0.25, -0.2) is 23.8 Å². The monoisotopic (exact) mass is 495 g/mol. The predicted molar refractivity (Wildman–Crippen MR) is 132 cm³/mol. The van der Waals surface area contributed by atoms with Gasteiger partial charge in [0.05, 0.1) is 23.9 Å². The van der Waals surface area contributed by atoms with Gasteiger partial charge in [0.25, 0.3) is 0 Å². The van der Waals surface area contributed by atoms with Crippen LogP contribution in [-0.2, 0) is 14.2 Å². The summed E-state index contributed by atoms with van der Waals surface area (Å²) in [5.41, 5.74) is 3.56. The smallest absolute Gasteiger partial charge is 0.420 e. The zero-order chi connectivity index (χ0) is 24.4. The average Bonchev–Trinajstić information content (AvgIpc) is 3.56. The van der Waals surface area contributed by atoms with E-state index in [9.17, 15) is 4.79 Å². The molecule has 0 bridgehead atoms. The molecule has 0 amide bonds. The molecule has 2 aliphatic rings. The molecule has 4 aromatic rings. The molecule has 1 aliphatic heterocycles. The zero-order valence-corrected chi connectivity index (χ0v) is 21.2. The lowest BCUT2D eigenvalue weighted by Crippen LogP contribution is -2.34. The number of carbonyl (C=O) groups excluding carboxylic acids is 1. The van der Waals surface area contributed by atoms with Crippen molar-refractivity contribution in [2.24, 2.45) is 0 Å². The molecule has 4 aromatic heterocycles. The number of hydrogen-bond acceptors (Lipinski definition) is 8. The summed E-state index contributed by atoms with van der Waals surface area (Å²) in [5, 5.41) is 5.32. The highest BCUT2D eigenvalue weighted by atomic mass is 32.1. The van der Waals surface area contributed by atoms with Crippen molar-refractivity contribution in [3.63, 3.8) is 0 Å². The third-order valence-corrected chi connectivity index (χ3v) is 7.97. The largest absolute Gasteiger partial charge is 0.443 e. The van der Waals surface area contributed by atoms with E-state index in [4.69, 9.17) is 19.2 Å². The molecule has 0 atom stereocenters. The van der Waals surface area contributed by atoms with E-state index in [1.165, 1.54) is 6.33 Å². The summed E-state index contributed by atoms with van der Waals surface area (Å²) in [4.78, 5) is 23.5. The summed E-state index contributed by atoms with van der Waals surface area (Å²) in [5.74, 6) is -0.0708. The van der Waals surface area contributed by atoms with Crippen LogP contribution in [0, 0.1) is 6.92 Å². The van der Waals surface area contributed by atoms with Gasteiger partial charge in [0, 0.05) is 30.5 Å².